The predicted molar refractivity (Wildman–Crippen MR) is 92.2 cm³/mol. The fraction of sp³-hybridized carbons (Fsp3) is 0.588. The number of fused-ring (bicyclic) bond motifs is 3. The Morgan fingerprint density at radius 2 is 2.04 bits per heavy atom. The fourth-order valence-corrected chi connectivity index (χ4v) is 5.23. The lowest BCUT2D eigenvalue weighted by Crippen LogP contribution is -2.38. The number of hydrogen-bond acceptors (Lipinski definition) is 6. The molecule has 0 spiro atoms. The third-order valence-electron chi connectivity index (χ3n) is 5.33. The largest absolute Gasteiger partial charge is 0.339 e. The van der Waals surface area contributed by atoms with E-state index < -0.39 is 0 Å². The van der Waals surface area contributed by atoms with E-state index in [4.69, 9.17) is 4.52 Å². The number of imidazole rings is 1. The molecule has 2 aliphatic heterocycles. The first-order valence-corrected chi connectivity index (χ1v) is 9.51. The van der Waals surface area contributed by atoms with Gasteiger partial charge in [-0.1, -0.05) is 5.16 Å². The molecule has 2 unspecified atom stereocenters. The van der Waals surface area contributed by atoms with Crippen LogP contribution >= 0.6 is 11.3 Å². The molecule has 5 heterocycles. The van der Waals surface area contributed by atoms with Crippen molar-refractivity contribution in [2.45, 2.75) is 58.0 Å². The number of aryl methyl sites for hydroxylation is 2. The third kappa shape index (κ3) is 2.38. The highest BCUT2D eigenvalue weighted by molar-refractivity contribution is 7.17. The number of aromatic nitrogens is 4. The van der Waals surface area contributed by atoms with Gasteiger partial charge in [0.2, 0.25) is 11.7 Å². The van der Waals surface area contributed by atoms with Gasteiger partial charge in [0, 0.05) is 29.6 Å². The van der Waals surface area contributed by atoms with E-state index in [2.05, 4.69) is 38.0 Å². The summed E-state index contributed by atoms with van der Waals surface area (Å²) < 4.78 is 7.65. The maximum atomic E-state index is 5.57. The summed E-state index contributed by atoms with van der Waals surface area (Å²) >= 11 is 1.68. The van der Waals surface area contributed by atoms with Crippen LogP contribution in [-0.2, 0) is 6.42 Å². The summed E-state index contributed by atoms with van der Waals surface area (Å²) in [6.07, 6.45) is 8.09. The Labute approximate surface area is 144 Å². The van der Waals surface area contributed by atoms with Crippen LogP contribution in [0.2, 0.25) is 0 Å². The number of piperidine rings is 1. The average molecular weight is 343 g/mol. The maximum absolute atomic E-state index is 5.57. The third-order valence-corrected chi connectivity index (χ3v) is 6.23. The molecule has 2 atom stereocenters. The van der Waals surface area contributed by atoms with Gasteiger partial charge in [-0.2, -0.15) is 4.98 Å². The van der Waals surface area contributed by atoms with Crippen molar-refractivity contribution in [2.24, 2.45) is 5.92 Å². The second-order valence-corrected chi connectivity index (χ2v) is 8.44. The van der Waals surface area contributed by atoms with E-state index in [0.29, 0.717) is 23.8 Å². The molecule has 2 saturated heterocycles. The van der Waals surface area contributed by atoms with E-state index >= 15 is 0 Å². The predicted octanol–water partition coefficient (Wildman–Crippen LogP) is 3.14. The quantitative estimate of drug-likeness (QED) is 0.791. The van der Waals surface area contributed by atoms with E-state index in [1.54, 1.807) is 11.3 Å². The van der Waals surface area contributed by atoms with E-state index in [-0.39, 0.29) is 0 Å². The number of nitrogens with zero attached hydrogens (tertiary/aromatic N) is 4. The van der Waals surface area contributed by atoms with Gasteiger partial charge in [-0.3, -0.25) is 4.40 Å². The molecule has 24 heavy (non-hydrogen) atoms. The molecule has 0 aliphatic carbocycles. The second kappa shape index (κ2) is 5.39. The summed E-state index contributed by atoms with van der Waals surface area (Å²) in [6.45, 7) is 4.09. The molecular weight excluding hydrogens is 322 g/mol. The summed E-state index contributed by atoms with van der Waals surface area (Å²) in [4.78, 5) is 11.5. The molecule has 1 N–H and O–H groups in total. The van der Waals surface area contributed by atoms with Crippen LogP contribution in [0.3, 0.4) is 0 Å². The summed E-state index contributed by atoms with van der Waals surface area (Å²) in [5.41, 5.74) is 1.91. The lowest BCUT2D eigenvalue weighted by Gasteiger charge is -2.27. The van der Waals surface area contributed by atoms with Crippen molar-refractivity contribution in [3.05, 3.63) is 22.7 Å². The first-order valence-electron chi connectivity index (χ1n) is 8.70. The van der Waals surface area contributed by atoms with Gasteiger partial charge >= 0.3 is 0 Å². The monoisotopic (exact) mass is 343 g/mol. The highest BCUT2D eigenvalue weighted by atomic mass is 32.1. The normalized spacial score (nSPS) is 26.5. The molecule has 2 fully saturated rings. The standard InChI is InChI=1S/C17H21N5OS/c1-9-8-22-15(10(2)18-17(22)24-9)16-20-14(23-21-16)7-11-5-12-3-4-13(6-11)19-12/h8,11-13,19H,3-7H2,1-2H3. The lowest BCUT2D eigenvalue weighted by atomic mass is 9.90. The molecule has 6 nitrogen and oxygen atoms in total. The summed E-state index contributed by atoms with van der Waals surface area (Å²) in [6, 6.07) is 1.39. The van der Waals surface area contributed by atoms with Crippen LogP contribution in [0.5, 0.6) is 0 Å². The van der Waals surface area contributed by atoms with Gasteiger partial charge in [-0.25, -0.2) is 4.98 Å². The minimum Gasteiger partial charge on any atom is -0.339 e. The molecule has 5 rings (SSSR count). The first-order chi connectivity index (χ1) is 11.7. The molecule has 126 valence electrons. The van der Waals surface area contributed by atoms with Crippen LogP contribution in [0.15, 0.2) is 10.7 Å². The SMILES string of the molecule is Cc1cn2c(-c3noc(CC4CC5CCC(C4)N5)n3)c(C)nc2s1. The van der Waals surface area contributed by atoms with Gasteiger partial charge in [0.15, 0.2) is 4.96 Å². The van der Waals surface area contributed by atoms with Gasteiger partial charge < -0.3 is 9.84 Å². The number of hydrogen-bond donors (Lipinski definition) is 1. The van der Waals surface area contributed by atoms with Gasteiger partial charge in [-0.15, -0.1) is 11.3 Å². The number of thiazole rings is 1. The Morgan fingerprint density at radius 1 is 1.25 bits per heavy atom. The number of rotatable bonds is 3. The second-order valence-electron chi connectivity index (χ2n) is 7.23. The van der Waals surface area contributed by atoms with Crippen molar-refractivity contribution in [2.75, 3.05) is 0 Å². The summed E-state index contributed by atoms with van der Waals surface area (Å²) in [7, 11) is 0. The Hall–Kier alpha value is -1.73. The number of nitrogens with one attached hydrogen (secondary N) is 1. The van der Waals surface area contributed by atoms with Crippen LogP contribution in [0.25, 0.3) is 16.5 Å². The average Bonchev–Trinajstić information content (AvgIpc) is 3.25. The zero-order valence-electron chi connectivity index (χ0n) is 14.0. The Morgan fingerprint density at radius 3 is 2.83 bits per heavy atom. The minimum atomic E-state index is 0.657. The first kappa shape index (κ1) is 14.6. The van der Waals surface area contributed by atoms with Crippen LogP contribution in [0.1, 0.15) is 42.1 Å². The van der Waals surface area contributed by atoms with Crippen LogP contribution < -0.4 is 5.32 Å². The zero-order valence-corrected chi connectivity index (χ0v) is 14.8. The van der Waals surface area contributed by atoms with E-state index in [1.807, 2.05) is 6.92 Å². The van der Waals surface area contributed by atoms with Gasteiger partial charge in [-0.05, 0) is 45.4 Å². The van der Waals surface area contributed by atoms with E-state index in [0.717, 1.165) is 28.7 Å². The molecule has 2 bridgehead atoms. The van der Waals surface area contributed by atoms with Crippen LogP contribution in [0, 0.1) is 19.8 Å². The van der Waals surface area contributed by atoms with Gasteiger partial charge in [0.25, 0.3) is 0 Å². The van der Waals surface area contributed by atoms with Crippen molar-refractivity contribution in [3.8, 4) is 11.5 Å². The van der Waals surface area contributed by atoms with Crippen molar-refractivity contribution in [3.63, 3.8) is 0 Å². The zero-order chi connectivity index (χ0) is 16.3. The van der Waals surface area contributed by atoms with Gasteiger partial charge in [0.1, 0.15) is 5.69 Å². The van der Waals surface area contributed by atoms with Crippen LogP contribution in [-0.4, -0.2) is 31.6 Å². The topological polar surface area (TPSA) is 68.2 Å². The smallest absolute Gasteiger partial charge is 0.227 e. The summed E-state index contributed by atoms with van der Waals surface area (Å²) in [5.74, 6) is 2.08. The maximum Gasteiger partial charge on any atom is 0.227 e. The van der Waals surface area contributed by atoms with Crippen molar-refractivity contribution in [1.29, 1.82) is 0 Å². The fourth-order valence-electron chi connectivity index (χ4n) is 4.36. The molecule has 3 aromatic heterocycles. The van der Waals surface area contributed by atoms with E-state index in [9.17, 15) is 0 Å². The van der Waals surface area contributed by atoms with Crippen LogP contribution in [0.4, 0.5) is 0 Å². The Bertz CT molecular complexity index is 882. The molecule has 0 amide bonds. The Kier molecular flexibility index (Phi) is 3.28. The van der Waals surface area contributed by atoms with E-state index in [1.165, 1.54) is 30.6 Å². The Balaban J connectivity index is 1.41. The molecular formula is C17H21N5OS. The minimum absolute atomic E-state index is 0.657. The lowest BCUT2D eigenvalue weighted by molar-refractivity contribution is 0.270. The van der Waals surface area contributed by atoms with Crippen molar-refractivity contribution >= 4 is 16.3 Å². The summed E-state index contributed by atoms with van der Waals surface area (Å²) in [5, 5.41) is 7.93. The molecule has 7 heteroatoms. The molecule has 3 aromatic rings. The highest BCUT2D eigenvalue weighted by Crippen LogP contribution is 2.33. The molecule has 0 radical (unpaired) electrons. The van der Waals surface area contributed by atoms with Crippen molar-refractivity contribution in [1.82, 2.24) is 24.8 Å². The molecule has 0 saturated carbocycles. The highest BCUT2D eigenvalue weighted by Gasteiger charge is 2.34. The van der Waals surface area contributed by atoms with Crippen molar-refractivity contribution < 1.29 is 4.52 Å². The molecule has 2 aliphatic rings. The molecule has 0 aromatic carbocycles. The van der Waals surface area contributed by atoms with Gasteiger partial charge in [0.05, 0.1) is 5.69 Å².